The lowest BCUT2D eigenvalue weighted by Crippen LogP contribution is -2.31. The topological polar surface area (TPSA) is 83.5 Å². The highest BCUT2D eigenvalue weighted by Crippen LogP contribution is 2.11. The zero-order valence-electron chi connectivity index (χ0n) is 12.6. The number of imidazole rings is 1. The minimum Gasteiger partial charge on any atom is -0.336 e. The Kier molecular flexibility index (Phi) is 3.66. The van der Waals surface area contributed by atoms with E-state index >= 15 is 0 Å². The van der Waals surface area contributed by atoms with Gasteiger partial charge in [-0.3, -0.25) is 14.3 Å². The minimum atomic E-state index is -0.424. The molecule has 2 heterocycles. The van der Waals surface area contributed by atoms with Gasteiger partial charge in [-0.1, -0.05) is 44.2 Å². The Morgan fingerprint density at radius 2 is 1.86 bits per heavy atom. The number of H-pyrrole nitrogens is 2. The van der Waals surface area contributed by atoms with Gasteiger partial charge < -0.3 is 4.98 Å². The molecular formula is C16H18N4O2. The number of fused-ring (bicyclic) bond motifs is 1. The van der Waals surface area contributed by atoms with E-state index in [1.54, 1.807) is 0 Å². The van der Waals surface area contributed by atoms with Crippen LogP contribution >= 0.6 is 0 Å². The van der Waals surface area contributed by atoms with Crippen molar-refractivity contribution in [1.82, 2.24) is 19.5 Å². The van der Waals surface area contributed by atoms with Crippen LogP contribution in [0.5, 0.6) is 0 Å². The summed E-state index contributed by atoms with van der Waals surface area (Å²) < 4.78 is 1.52. The van der Waals surface area contributed by atoms with Crippen molar-refractivity contribution >= 4 is 11.2 Å². The van der Waals surface area contributed by atoms with Crippen LogP contribution < -0.4 is 11.2 Å². The van der Waals surface area contributed by atoms with Crippen LogP contribution in [0.4, 0.5) is 0 Å². The van der Waals surface area contributed by atoms with Crippen molar-refractivity contribution in [2.45, 2.75) is 26.8 Å². The number of rotatable bonds is 4. The van der Waals surface area contributed by atoms with Crippen LogP contribution in [0.3, 0.4) is 0 Å². The SMILES string of the molecule is CC(C)Cn1c(=O)[nH]c(=O)c2[nH]c(Cc3ccccc3)nc21. The molecule has 6 nitrogen and oxygen atoms in total. The minimum absolute atomic E-state index is 0.279. The van der Waals surface area contributed by atoms with E-state index in [4.69, 9.17) is 0 Å². The zero-order chi connectivity index (χ0) is 15.7. The first-order valence-corrected chi connectivity index (χ1v) is 7.30. The van der Waals surface area contributed by atoms with Crippen LogP contribution in [0.25, 0.3) is 11.2 Å². The highest BCUT2D eigenvalue weighted by atomic mass is 16.2. The van der Waals surface area contributed by atoms with Crippen molar-refractivity contribution < 1.29 is 0 Å². The fourth-order valence-electron chi connectivity index (χ4n) is 2.50. The third-order valence-electron chi connectivity index (χ3n) is 3.44. The number of hydrogen-bond acceptors (Lipinski definition) is 3. The highest BCUT2D eigenvalue weighted by Gasteiger charge is 2.13. The van der Waals surface area contributed by atoms with Gasteiger partial charge in [-0.15, -0.1) is 0 Å². The maximum absolute atomic E-state index is 12.0. The molecule has 0 aliphatic rings. The summed E-state index contributed by atoms with van der Waals surface area (Å²) in [6, 6.07) is 9.86. The first-order valence-electron chi connectivity index (χ1n) is 7.30. The van der Waals surface area contributed by atoms with E-state index in [1.165, 1.54) is 4.57 Å². The summed E-state index contributed by atoms with van der Waals surface area (Å²) in [5.41, 5.74) is 1.03. The second-order valence-corrected chi connectivity index (χ2v) is 5.81. The quantitative estimate of drug-likeness (QED) is 0.768. The molecule has 22 heavy (non-hydrogen) atoms. The Hall–Kier alpha value is -2.63. The molecule has 0 aliphatic carbocycles. The molecule has 0 saturated heterocycles. The molecule has 3 aromatic rings. The van der Waals surface area contributed by atoms with Gasteiger partial charge in [-0.2, -0.15) is 0 Å². The summed E-state index contributed by atoms with van der Waals surface area (Å²) in [7, 11) is 0. The van der Waals surface area contributed by atoms with Gasteiger partial charge in [0.05, 0.1) is 0 Å². The van der Waals surface area contributed by atoms with Gasteiger partial charge in [-0.05, 0) is 11.5 Å². The van der Waals surface area contributed by atoms with Gasteiger partial charge >= 0.3 is 5.69 Å². The molecule has 0 fully saturated rings. The van der Waals surface area contributed by atoms with Crippen LogP contribution in [0, 0.1) is 5.92 Å². The van der Waals surface area contributed by atoms with Crippen LogP contribution in [0.15, 0.2) is 39.9 Å². The molecule has 0 radical (unpaired) electrons. The van der Waals surface area contributed by atoms with Crippen LogP contribution in [-0.2, 0) is 13.0 Å². The van der Waals surface area contributed by atoms with E-state index < -0.39 is 11.2 Å². The summed E-state index contributed by atoms with van der Waals surface area (Å²) >= 11 is 0. The molecule has 0 saturated carbocycles. The van der Waals surface area contributed by atoms with Gasteiger partial charge in [-0.25, -0.2) is 9.78 Å². The Bertz CT molecular complexity index is 903. The first-order chi connectivity index (χ1) is 10.5. The van der Waals surface area contributed by atoms with Crippen molar-refractivity contribution in [3.63, 3.8) is 0 Å². The molecule has 114 valence electrons. The predicted molar refractivity (Wildman–Crippen MR) is 85.1 cm³/mol. The number of benzene rings is 1. The van der Waals surface area contributed by atoms with E-state index in [9.17, 15) is 9.59 Å². The number of hydrogen-bond donors (Lipinski definition) is 2. The summed E-state index contributed by atoms with van der Waals surface area (Å²) in [5.74, 6) is 0.955. The largest absolute Gasteiger partial charge is 0.336 e. The van der Waals surface area contributed by atoms with Crippen molar-refractivity contribution in [2.24, 2.45) is 5.92 Å². The molecule has 0 atom stereocenters. The summed E-state index contributed by atoms with van der Waals surface area (Å²) in [5, 5.41) is 0. The standard InChI is InChI=1S/C16H18N4O2/c1-10(2)9-20-14-13(15(21)19-16(20)22)17-12(18-14)8-11-6-4-3-5-7-11/h3-7,10H,8-9H2,1-2H3,(H,17,18)(H,19,21,22). The van der Waals surface area contributed by atoms with Gasteiger partial charge in [0.25, 0.3) is 5.56 Å². The molecular weight excluding hydrogens is 280 g/mol. The summed E-state index contributed by atoms with van der Waals surface area (Å²) in [6.07, 6.45) is 0.588. The molecule has 0 amide bonds. The Labute approximate surface area is 126 Å². The Balaban J connectivity index is 2.10. The van der Waals surface area contributed by atoms with Crippen molar-refractivity contribution in [1.29, 1.82) is 0 Å². The molecule has 0 bridgehead atoms. The number of nitrogens with one attached hydrogen (secondary N) is 2. The maximum Gasteiger partial charge on any atom is 0.330 e. The van der Waals surface area contributed by atoms with E-state index in [0.717, 1.165) is 5.56 Å². The van der Waals surface area contributed by atoms with Crippen LogP contribution in [-0.4, -0.2) is 19.5 Å². The van der Waals surface area contributed by atoms with Crippen LogP contribution in [0.2, 0.25) is 0 Å². The monoisotopic (exact) mass is 298 g/mol. The van der Waals surface area contributed by atoms with E-state index in [-0.39, 0.29) is 5.92 Å². The van der Waals surface area contributed by atoms with Gasteiger partial charge in [0.15, 0.2) is 5.65 Å². The van der Waals surface area contributed by atoms with E-state index in [0.29, 0.717) is 30.0 Å². The Morgan fingerprint density at radius 1 is 1.14 bits per heavy atom. The van der Waals surface area contributed by atoms with E-state index in [1.807, 2.05) is 44.2 Å². The molecule has 6 heteroatoms. The molecule has 3 rings (SSSR count). The lowest BCUT2D eigenvalue weighted by molar-refractivity contribution is 0.513. The maximum atomic E-state index is 12.0. The lowest BCUT2D eigenvalue weighted by atomic mass is 10.1. The zero-order valence-corrected chi connectivity index (χ0v) is 12.6. The van der Waals surface area contributed by atoms with E-state index in [2.05, 4.69) is 15.0 Å². The van der Waals surface area contributed by atoms with Gasteiger partial charge in [0.1, 0.15) is 11.3 Å². The average Bonchev–Trinajstić information content (AvgIpc) is 2.88. The fraction of sp³-hybridized carbons (Fsp3) is 0.312. The summed E-state index contributed by atoms with van der Waals surface area (Å²) in [4.78, 5) is 33.8. The molecule has 2 aromatic heterocycles. The average molecular weight is 298 g/mol. The highest BCUT2D eigenvalue weighted by molar-refractivity contribution is 5.69. The van der Waals surface area contributed by atoms with Crippen molar-refractivity contribution in [3.05, 3.63) is 62.6 Å². The molecule has 0 spiro atoms. The fourth-order valence-corrected chi connectivity index (χ4v) is 2.50. The normalized spacial score (nSPS) is 11.4. The molecule has 0 aliphatic heterocycles. The third-order valence-corrected chi connectivity index (χ3v) is 3.44. The van der Waals surface area contributed by atoms with Crippen LogP contribution in [0.1, 0.15) is 25.2 Å². The number of nitrogens with zero attached hydrogens (tertiary/aromatic N) is 2. The Morgan fingerprint density at radius 3 is 2.55 bits per heavy atom. The molecule has 0 unspecified atom stereocenters. The summed E-state index contributed by atoms with van der Waals surface area (Å²) in [6.45, 7) is 4.55. The smallest absolute Gasteiger partial charge is 0.330 e. The number of aromatic nitrogens is 4. The van der Waals surface area contributed by atoms with Crippen molar-refractivity contribution in [2.75, 3.05) is 0 Å². The second kappa shape index (κ2) is 5.63. The predicted octanol–water partition coefficient (Wildman–Crippen LogP) is 1.66. The molecule has 2 N–H and O–H groups in total. The second-order valence-electron chi connectivity index (χ2n) is 5.81. The first kappa shape index (κ1) is 14.3. The lowest BCUT2D eigenvalue weighted by Gasteiger charge is -2.07. The molecule has 1 aromatic carbocycles. The van der Waals surface area contributed by atoms with Gasteiger partial charge in [0, 0.05) is 13.0 Å². The third kappa shape index (κ3) is 2.72. The van der Waals surface area contributed by atoms with Crippen molar-refractivity contribution in [3.8, 4) is 0 Å². The van der Waals surface area contributed by atoms with Gasteiger partial charge in [0.2, 0.25) is 0 Å². The number of aromatic amines is 2.